The van der Waals surface area contributed by atoms with Gasteiger partial charge in [-0.2, -0.15) is 0 Å². The molecule has 0 saturated carbocycles. The van der Waals surface area contributed by atoms with Crippen molar-refractivity contribution in [2.45, 2.75) is 32.3 Å². The maximum absolute atomic E-state index is 13.7. The van der Waals surface area contributed by atoms with Crippen molar-refractivity contribution < 1.29 is 9.13 Å². The monoisotopic (exact) mass is 299 g/mol. The van der Waals surface area contributed by atoms with Gasteiger partial charge >= 0.3 is 0 Å². The molecule has 3 rings (SSSR count). The smallest absolute Gasteiger partial charge is 0.165 e. The van der Waals surface area contributed by atoms with Crippen LogP contribution in [-0.4, -0.2) is 13.1 Å². The summed E-state index contributed by atoms with van der Waals surface area (Å²) in [4.78, 5) is 0. The summed E-state index contributed by atoms with van der Waals surface area (Å²) in [5.41, 5.74) is 3.36. The van der Waals surface area contributed by atoms with Crippen LogP contribution in [0, 0.1) is 12.7 Å². The predicted octanol–water partition coefficient (Wildman–Crippen LogP) is 4.18. The van der Waals surface area contributed by atoms with Crippen LogP contribution in [0.3, 0.4) is 0 Å². The molecule has 1 saturated heterocycles. The summed E-state index contributed by atoms with van der Waals surface area (Å²) in [6.07, 6.45) is 2.40. The summed E-state index contributed by atoms with van der Waals surface area (Å²) >= 11 is 0. The molecule has 0 spiro atoms. The third-order valence-electron chi connectivity index (χ3n) is 4.27. The van der Waals surface area contributed by atoms with Gasteiger partial charge in [-0.3, -0.25) is 0 Å². The largest absolute Gasteiger partial charge is 0.486 e. The quantitative estimate of drug-likeness (QED) is 0.914. The summed E-state index contributed by atoms with van der Waals surface area (Å²) in [6, 6.07) is 13.6. The standard InChI is InChI=1S/C19H22FNO/c1-14-2-7-19(18(20)12-14)22-13-15-3-5-16(6-4-15)17-8-10-21-11-9-17/h2-7,12,17,21H,8-11,13H2,1H3. The highest BCUT2D eigenvalue weighted by molar-refractivity contribution is 5.30. The number of benzene rings is 2. The lowest BCUT2D eigenvalue weighted by atomic mass is 9.90. The first kappa shape index (κ1) is 15.0. The van der Waals surface area contributed by atoms with Crippen LogP contribution in [0.1, 0.15) is 35.4 Å². The highest BCUT2D eigenvalue weighted by Crippen LogP contribution is 2.25. The van der Waals surface area contributed by atoms with Crippen molar-refractivity contribution in [2.75, 3.05) is 13.1 Å². The Bertz CT molecular complexity index is 618. The van der Waals surface area contributed by atoms with Crippen molar-refractivity contribution in [1.82, 2.24) is 5.32 Å². The second kappa shape index (κ2) is 6.93. The van der Waals surface area contributed by atoms with E-state index >= 15 is 0 Å². The SMILES string of the molecule is Cc1ccc(OCc2ccc(C3CCNCC3)cc2)c(F)c1. The highest BCUT2D eigenvalue weighted by Gasteiger charge is 2.14. The molecule has 0 bridgehead atoms. The molecule has 0 aromatic heterocycles. The zero-order valence-corrected chi connectivity index (χ0v) is 12.9. The Labute approximate surface area is 131 Å². The van der Waals surface area contributed by atoms with Gasteiger partial charge in [0.1, 0.15) is 6.61 Å². The average Bonchev–Trinajstić information content (AvgIpc) is 2.55. The number of aryl methyl sites for hydroxylation is 1. The van der Waals surface area contributed by atoms with Crippen LogP contribution in [0.5, 0.6) is 5.75 Å². The molecule has 2 aromatic carbocycles. The average molecular weight is 299 g/mol. The van der Waals surface area contributed by atoms with E-state index in [1.54, 1.807) is 6.07 Å². The highest BCUT2D eigenvalue weighted by atomic mass is 19.1. The summed E-state index contributed by atoms with van der Waals surface area (Å²) < 4.78 is 19.3. The first-order valence-corrected chi connectivity index (χ1v) is 7.91. The van der Waals surface area contributed by atoms with E-state index in [0.29, 0.717) is 18.3 Å². The van der Waals surface area contributed by atoms with Gasteiger partial charge < -0.3 is 10.1 Å². The number of ether oxygens (including phenoxy) is 1. The fourth-order valence-corrected chi connectivity index (χ4v) is 2.93. The van der Waals surface area contributed by atoms with Gasteiger partial charge in [0.2, 0.25) is 0 Å². The van der Waals surface area contributed by atoms with Crippen molar-refractivity contribution in [2.24, 2.45) is 0 Å². The first-order valence-electron chi connectivity index (χ1n) is 7.91. The fraction of sp³-hybridized carbons (Fsp3) is 0.368. The van der Waals surface area contributed by atoms with E-state index in [1.807, 2.05) is 13.0 Å². The van der Waals surface area contributed by atoms with Crippen molar-refractivity contribution in [3.8, 4) is 5.75 Å². The van der Waals surface area contributed by atoms with E-state index in [0.717, 1.165) is 24.2 Å². The number of rotatable bonds is 4. The fourth-order valence-electron chi connectivity index (χ4n) is 2.93. The van der Waals surface area contributed by atoms with Crippen LogP contribution in [0.4, 0.5) is 4.39 Å². The Balaban J connectivity index is 1.61. The van der Waals surface area contributed by atoms with E-state index in [1.165, 1.54) is 24.5 Å². The molecule has 1 heterocycles. The van der Waals surface area contributed by atoms with Gasteiger partial charge in [-0.05, 0) is 67.6 Å². The third kappa shape index (κ3) is 3.66. The Morgan fingerprint density at radius 3 is 2.50 bits per heavy atom. The molecular weight excluding hydrogens is 277 g/mol. The molecule has 3 heteroatoms. The molecule has 0 amide bonds. The minimum Gasteiger partial charge on any atom is -0.486 e. The number of piperidine rings is 1. The van der Waals surface area contributed by atoms with Gasteiger partial charge in [0.25, 0.3) is 0 Å². The van der Waals surface area contributed by atoms with Crippen LogP contribution in [0.15, 0.2) is 42.5 Å². The molecule has 0 aliphatic carbocycles. The topological polar surface area (TPSA) is 21.3 Å². The van der Waals surface area contributed by atoms with Gasteiger partial charge in [0, 0.05) is 0 Å². The van der Waals surface area contributed by atoms with Crippen molar-refractivity contribution >= 4 is 0 Å². The van der Waals surface area contributed by atoms with Crippen LogP contribution >= 0.6 is 0 Å². The minimum absolute atomic E-state index is 0.300. The molecule has 0 unspecified atom stereocenters. The lowest BCUT2D eigenvalue weighted by molar-refractivity contribution is 0.290. The van der Waals surface area contributed by atoms with Crippen molar-refractivity contribution in [3.63, 3.8) is 0 Å². The van der Waals surface area contributed by atoms with E-state index in [4.69, 9.17) is 4.74 Å². The number of hydrogen-bond acceptors (Lipinski definition) is 2. The number of nitrogens with one attached hydrogen (secondary N) is 1. The zero-order valence-electron chi connectivity index (χ0n) is 12.9. The second-order valence-corrected chi connectivity index (χ2v) is 5.99. The molecule has 2 nitrogen and oxygen atoms in total. The maximum atomic E-state index is 13.7. The van der Waals surface area contributed by atoms with Gasteiger partial charge in [0.15, 0.2) is 11.6 Å². The lowest BCUT2D eigenvalue weighted by Crippen LogP contribution is -2.26. The molecule has 116 valence electrons. The molecular formula is C19H22FNO. The van der Waals surface area contributed by atoms with E-state index in [2.05, 4.69) is 29.6 Å². The Morgan fingerprint density at radius 1 is 1.09 bits per heavy atom. The van der Waals surface area contributed by atoms with Crippen LogP contribution in [0.2, 0.25) is 0 Å². The van der Waals surface area contributed by atoms with Crippen molar-refractivity contribution in [3.05, 3.63) is 65.0 Å². The molecule has 1 aliphatic rings. The molecule has 22 heavy (non-hydrogen) atoms. The summed E-state index contributed by atoms with van der Waals surface area (Å²) in [5, 5.41) is 3.39. The van der Waals surface area contributed by atoms with Crippen LogP contribution in [-0.2, 0) is 6.61 Å². The van der Waals surface area contributed by atoms with E-state index in [-0.39, 0.29) is 5.82 Å². The van der Waals surface area contributed by atoms with Gasteiger partial charge in [-0.15, -0.1) is 0 Å². The Hall–Kier alpha value is -1.87. The third-order valence-corrected chi connectivity index (χ3v) is 4.27. The normalized spacial score (nSPS) is 15.7. The van der Waals surface area contributed by atoms with Gasteiger partial charge in [-0.25, -0.2) is 4.39 Å². The van der Waals surface area contributed by atoms with E-state index < -0.39 is 0 Å². The van der Waals surface area contributed by atoms with Gasteiger partial charge in [-0.1, -0.05) is 30.3 Å². The minimum atomic E-state index is -0.300. The molecule has 1 N–H and O–H groups in total. The summed E-state index contributed by atoms with van der Waals surface area (Å²) in [7, 11) is 0. The van der Waals surface area contributed by atoms with E-state index in [9.17, 15) is 4.39 Å². The molecule has 1 fully saturated rings. The van der Waals surface area contributed by atoms with Crippen LogP contribution in [0.25, 0.3) is 0 Å². The lowest BCUT2D eigenvalue weighted by Gasteiger charge is -2.23. The van der Waals surface area contributed by atoms with Gasteiger partial charge in [0.05, 0.1) is 0 Å². The first-order chi connectivity index (χ1) is 10.7. The predicted molar refractivity (Wildman–Crippen MR) is 86.8 cm³/mol. The zero-order chi connectivity index (χ0) is 15.4. The number of hydrogen-bond donors (Lipinski definition) is 1. The maximum Gasteiger partial charge on any atom is 0.165 e. The number of halogens is 1. The summed E-state index contributed by atoms with van der Waals surface area (Å²) in [6.45, 7) is 4.46. The van der Waals surface area contributed by atoms with Crippen LogP contribution < -0.4 is 10.1 Å². The molecule has 1 aliphatic heterocycles. The van der Waals surface area contributed by atoms with Crippen molar-refractivity contribution in [1.29, 1.82) is 0 Å². The Morgan fingerprint density at radius 2 is 1.82 bits per heavy atom. The Kier molecular flexibility index (Phi) is 4.74. The summed E-state index contributed by atoms with van der Waals surface area (Å²) in [5.74, 6) is 0.671. The molecule has 0 radical (unpaired) electrons. The molecule has 0 atom stereocenters. The second-order valence-electron chi connectivity index (χ2n) is 5.99. The molecule has 2 aromatic rings.